The van der Waals surface area contributed by atoms with Crippen molar-refractivity contribution in [2.24, 2.45) is 0 Å². The molecule has 0 aliphatic carbocycles. The van der Waals surface area contributed by atoms with Crippen molar-refractivity contribution >= 4 is 27.3 Å². The lowest BCUT2D eigenvalue weighted by atomic mass is 10.2. The maximum absolute atomic E-state index is 12.9. The van der Waals surface area contributed by atoms with Crippen LogP contribution in [0.15, 0.2) is 67.3 Å². The third-order valence-corrected chi connectivity index (χ3v) is 5.28. The molecule has 1 amide bonds. The number of hydrogen-bond donors (Lipinski definition) is 1. The highest BCUT2D eigenvalue weighted by molar-refractivity contribution is 7.21. The van der Waals surface area contributed by atoms with Gasteiger partial charge < -0.3 is 14.6 Å². The molecule has 0 saturated carbocycles. The Kier molecular flexibility index (Phi) is 4.41. The maximum Gasteiger partial charge on any atom is 0.263 e. The molecular weight excluding hydrogens is 346 g/mol. The molecule has 130 valence electrons. The first kappa shape index (κ1) is 16.4. The van der Waals surface area contributed by atoms with Crippen molar-refractivity contribution in [2.45, 2.75) is 6.54 Å². The first-order valence-electron chi connectivity index (χ1n) is 8.17. The summed E-state index contributed by atoms with van der Waals surface area (Å²) < 4.78 is 8.13. The van der Waals surface area contributed by atoms with Crippen molar-refractivity contribution in [3.8, 4) is 11.4 Å². The number of carbonyl (C=O) groups is 1. The van der Waals surface area contributed by atoms with Crippen LogP contribution in [0.4, 0.5) is 0 Å². The Balaban J connectivity index is 1.63. The van der Waals surface area contributed by atoms with Crippen LogP contribution in [0.1, 0.15) is 15.2 Å². The first-order chi connectivity index (χ1) is 12.8. The van der Waals surface area contributed by atoms with E-state index in [0.717, 1.165) is 27.1 Å². The van der Waals surface area contributed by atoms with Gasteiger partial charge in [0.25, 0.3) is 5.91 Å². The van der Waals surface area contributed by atoms with Gasteiger partial charge in [-0.05, 0) is 35.9 Å². The largest absolute Gasteiger partial charge is 0.497 e. The molecule has 0 bridgehead atoms. The number of nitrogens with one attached hydrogen (secondary N) is 1. The van der Waals surface area contributed by atoms with E-state index < -0.39 is 0 Å². The number of hydrogen-bond acceptors (Lipinski definition) is 4. The normalized spacial score (nSPS) is 10.8. The number of amides is 1. The number of nitrogens with zero attached hydrogens (tertiary/aromatic N) is 2. The number of thiophene rings is 1. The summed E-state index contributed by atoms with van der Waals surface area (Å²) in [5.74, 6) is 0.706. The number of methoxy groups -OCH3 is 1. The van der Waals surface area contributed by atoms with Crippen LogP contribution >= 0.6 is 11.3 Å². The van der Waals surface area contributed by atoms with Gasteiger partial charge in [-0.2, -0.15) is 0 Å². The standard InChI is InChI=1S/C20H17N3O2S/c1-25-15-6-4-14(5-7-15)12-22-20(24)19-18(23-10-2-3-11-23)16-8-9-21-13-17(16)26-19/h2-11,13H,12H2,1H3,(H,22,24). The fourth-order valence-electron chi connectivity index (χ4n) is 2.84. The smallest absolute Gasteiger partial charge is 0.263 e. The van der Waals surface area contributed by atoms with Gasteiger partial charge in [0.15, 0.2) is 0 Å². The van der Waals surface area contributed by atoms with Crippen LogP contribution in [0, 0.1) is 0 Å². The molecule has 0 unspecified atom stereocenters. The molecule has 0 spiro atoms. The Morgan fingerprint density at radius 3 is 2.69 bits per heavy atom. The highest BCUT2D eigenvalue weighted by Gasteiger charge is 2.19. The van der Waals surface area contributed by atoms with Gasteiger partial charge in [0.05, 0.1) is 17.5 Å². The minimum absolute atomic E-state index is 0.0919. The summed E-state index contributed by atoms with van der Waals surface area (Å²) in [6.07, 6.45) is 7.44. The zero-order chi connectivity index (χ0) is 17.9. The molecule has 0 aliphatic rings. The zero-order valence-electron chi connectivity index (χ0n) is 14.2. The van der Waals surface area contributed by atoms with Crippen LogP contribution in [-0.2, 0) is 6.54 Å². The van der Waals surface area contributed by atoms with Crippen molar-refractivity contribution in [3.63, 3.8) is 0 Å². The fourth-order valence-corrected chi connectivity index (χ4v) is 3.92. The molecular formula is C20H17N3O2S. The summed E-state index contributed by atoms with van der Waals surface area (Å²) in [6, 6.07) is 13.5. The second-order valence-electron chi connectivity index (χ2n) is 5.77. The van der Waals surface area contributed by atoms with Gasteiger partial charge in [-0.25, -0.2) is 0 Å². The molecule has 0 saturated heterocycles. The average molecular weight is 363 g/mol. The molecule has 1 N–H and O–H groups in total. The maximum atomic E-state index is 12.9. The van der Waals surface area contributed by atoms with E-state index in [4.69, 9.17) is 4.74 Å². The van der Waals surface area contributed by atoms with E-state index in [1.165, 1.54) is 11.3 Å². The van der Waals surface area contributed by atoms with Gasteiger partial charge in [-0.3, -0.25) is 9.78 Å². The SMILES string of the molecule is COc1ccc(CNC(=O)c2sc3cnccc3c2-n2cccc2)cc1. The molecule has 1 aromatic carbocycles. The Morgan fingerprint density at radius 2 is 1.96 bits per heavy atom. The van der Waals surface area contributed by atoms with Crippen molar-refractivity contribution in [1.29, 1.82) is 0 Å². The second-order valence-corrected chi connectivity index (χ2v) is 6.82. The third-order valence-electron chi connectivity index (χ3n) is 4.15. The molecule has 0 radical (unpaired) electrons. The van der Waals surface area contributed by atoms with Gasteiger partial charge in [-0.1, -0.05) is 12.1 Å². The summed E-state index contributed by atoms with van der Waals surface area (Å²) in [6.45, 7) is 0.459. The lowest BCUT2D eigenvalue weighted by Gasteiger charge is -2.08. The highest BCUT2D eigenvalue weighted by atomic mass is 32.1. The van der Waals surface area contributed by atoms with E-state index in [1.54, 1.807) is 19.5 Å². The Hall–Kier alpha value is -3.12. The Bertz CT molecular complexity index is 1040. The minimum atomic E-state index is -0.0919. The topological polar surface area (TPSA) is 56.1 Å². The summed E-state index contributed by atoms with van der Waals surface area (Å²) in [7, 11) is 1.63. The summed E-state index contributed by atoms with van der Waals surface area (Å²) in [5, 5.41) is 4.04. The Morgan fingerprint density at radius 1 is 1.19 bits per heavy atom. The van der Waals surface area contributed by atoms with E-state index >= 15 is 0 Å². The molecule has 0 aliphatic heterocycles. The van der Waals surface area contributed by atoms with Gasteiger partial charge >= 0.3 is 0 Å². The van der Waals surface area contributed by atoms with Crippen LogP contribution < -0.4 is 10.1 Å². The molecule has 26 heavy (non-hydrogen) atoms. The van der Waals surface area contributed by atoms with Crippen LogP contribution in [0.5, 0.6) is 5.75 Å². The number of ether oxygens (including phenoxy) is 1. The number of fused-ring (bicyclic) bond motifs is 1. The van der Waals surface area contributed by atoms with E-state index in [9.17, 15) is 4.79 Å². The predicted molar refractivity (Wildman–Crippen MR) is 103 cm³/mol. The summed E-state index contributed by atoms with van der Waals surface area (Å²) in [5.41, 5.74) is 1.91. The summed E-state index contributed by atoms with van der Waals surface area (Å²) >= 11 is 1.46. The first-order valence-corrected chi connectivity index (χ1v) is 8.99. The monoisotopic (exact) mass is 363 g/mol. The number of benzene rings is 1. The Labute approximate surface area is 154 Å². The molecule has 5 nitrogen and oxygen atoms in total. The molecule has 3 aromatic heterocycles. The zero-order valence-corrected chi connectivity index (χ0v) is 15.0. The van der Waals surface area contributed by atoms with Crippen molar-refractivity contribution in [3.05, 3.63) is 77.7 Å². The van der Waals surface area contributed by atoms with Crippen molar-refractivity contribution in [2.75, 3.05) is 7.11 Å². The van der Waals surface area contributed by atoms with Crippen LogP contribution in [0.3, 0.4) is 0 Å². The highest BCUT2D eigenvalue weighted by Crippen LogP contribution is 2.33. The number of pyridine rings is 1. The van der Waals surface area contributed by atoms with E-state index in [0.29, 0.717) is 11.4 Å². The molecule has 4 rings (SSSR count). The van der Waals surface area contributed by atoms with Gasteiger partial charge in [0.2, 0.25) is 0 Å². The number of carbonyl (C=O) groups excluding carboxylic acids is 1. The number of aromatic nitrogens is 2. The van der Waals surface area contributed by atoms with Crippen molar-refractivity contribution in [1.82, 2.24) is 14.9 Å². The second kappa shape index (κ2) is 7.01. The van der Waals surface area contributed by atoms with Gasteiger partial charge in [-0.15, -0.1) is 11.3 Å². The molecule has 0 fully saturated rings. The fraction of sp³-hybridized carbons (Fsp3) is 0.100. The minimum Gasteiger partial charge on any atom is -0.497 e. The van der Waals surface area contributed by atoms with E-state index in [-0.39, 0.29) is 5.91 Å². The van der Waals surface area contributed by atoms with Crippen LogP contribution in [0.25, 0.3) is 15.8 Å². The van der Waals surface area contributed by atoms with Gasteiger partial charge in [0.1, 0.15) is 10.6 Å². The molecule has 4 aromatic rings. The van der Waals surface area contributed by atoms with Crippen LogP contribution in [-0.4, -0.2) is 22.6 Å². The predicted octanol–water partition coefficient (Wildman–Crippen LogP) is 4.03. The van der Waals surface area contributed by atoms with Gasteiger partial charge in [0, 0.05) is 36.7 Å². The quantitative estimate of drug-likeness (QED) is 0.582. The third kappa shape index (κ3) is 3.07. The molecule has 3 heterocycles. The molecule has 0 atom stereocenters. The van der Waals surface area contributed by atoms with E-state index in [2.05, 4.69) is 10.3 Å². The van der Waals surface area contributed by atoms with Crippen LogP contribution in [0.2, 0.25) is 0 Å². The number of rotatable bonds is 5. The summed E-state index contributed by atoms with van der Waals surface area (Å²) in [4.78, 5) is 17.7. The van der Waals surface area contributed by atoms with E-state index in [1.807, 2.05) is 59.4 Å². The van der Waals surface area contributed by atoms with Crippen molar-refractivity contribution < 1.29 is 9.53 Å². The lowest BCUT2D eigenvalue weighted by Crippen LogP contribution is -2.22. The average Bonchev–Trinajstić information content (AvgIpc) is 3.33. The molecule has 6 heteroatoms. The lowest BCUT2D eigenvalue weighted by molar-refractivity contribution is 0.0955.